The zero-order chi connectivity index (χ0) is 24.9. The molecule has 0 aromatic rings. The van der Waals surface area contributed by atoms with Gasteiger partial charge in [0.2, 0.25) is 5.91 Å². The summed E-state index contributed by atoms with van der Waals surface area (Å²) in [5, 5.41) is 27.9. The molecular weight excluding hydrogens is 436 g/mol. The number of unbranched alkanes of at least 4 members (excludes halogenated alkanes) is 6. The van der Waals surface area contributed by atoms with E-state index in [0.29, 0.717) is 19.5 Å². The number of aliphatic carboxylic acids is 2. The number of hydrogen-bond acceptors (Lipinski definition) is 9. The average Bonchev–Trinajstić information content (AvgIpc) is 2.76. The second-order valence-corrected chi connectivity index (χ2v) is 7.49. The standard InChI is InChI=1S/C21H36N4O8/c26-16(25-20(31)18(29)19(30)21(32)33)15-24-11-7-5-3-1-2-4-6-10-22-13-14-23-12-8-9-17(27)28/h22-24H,1-15H2,(H,27,28)(H,32,33)(H,25,26,31). The highest BCUT2D eigenvalue weighted by atomic mass is 16.4. The molecule has 12 nitrogen and oxygen atoms in total. The van der Waals surface area contributed by atoms with E-state index >= 15 is 0 Å². The zero-order valence-corrected chi connectivity index (χ0v) is 19.0. The van der Waals surface area contributed by atoms with Crippen molar-refractivity contribution < 1.29 is 39.0 Å². The maximum absolute atomic E-state index is 11.5. The SMILES string of the molecule is O=C(O)CCCNCCNCCCCCCCCCNCC(=O)NC(=O)C(=O)C(=O)C(=O)O. The quantitative estimate of drug-likeness (QED) is 0.0658. The van der Waals surface area contributed by atoms with Crippen LogP contribution in [0.3, 0.4) is 0 Å². The molecule has 0 atom stereocenters. The molecule has 0 saturated heterocycles. The summed E-state index contributed by atoms with van der Waals surface area (Å²) < 4.78 is 0. The number of carboxylic acid groups (broad SMARTS) is 2. The van der Waals surface area contributed by atoms with Gasteiger partial charge in [0, 0.05) is 19.5 Å². The van der Waals surface area contributed by atoms with Crippen LogP contribution in [0.5, 0.6) is 0 Å². The van der Waals surface area contributed by atoms with Gasteiger partial charge in [-0.25, -0.2) is 4.79 Å². The van der Waals surface area contributed by atoms with Gasteiger partial charge in [-0.15, -0.1) is 0 Å². The Morgan fingerprint density at radius 3 is 1.55 bits per heavy atom. The van der Waals surface area contributed by atoms with Crippen molar-refractivity contribution in [2.24, 2.45) is 0 Å². The van der Waals surface area contributed by atoms with E-state index in [9.17, 15) is 28.8 Å². The number of carboxylic acids is 2. The smallest absolute Gasteiger partial charge is 0.381 e. The van der Waals surface area contributed by atoms with Gasteiger partial charge in [0.15, 0.2) is 0 Å². The Morgan fingerprint density at radius 1 is 0.545 bits per heavy atom. The minimum Gasteiger partial charge on any atom is -0.481 e. The predicted octanol–water partition coefficient (Wildman–Crippen LogP) is -0.784. The fourth-order valence-corrected chi connectivity index (χ4v) is 2.81. The normalized spacial score (nSPS) is 10.5. The third-order valence-corrected chi connectivity index (χ3v) is 4.58. The topological polar surface area (TPSA) is 191 Å². The fourth-order valence-electron chi connectivity index (χ4n) is 2.81. The number of carbonyl (C=O) groups excluding carboxylic acids is 4. The Bertz CT molecular complexity index is 654. The molecule has 0 heterocycles. The van der Waals surface area contributed by atoms with Crippen LogP contribution in [-0.2, 0) is 28.8 Å². The minimum absolute atomic E-state index is 0.196. The van der Waals surface area contributed by atoms with Gasteiger partial charge in [-0.05, 0) is 38.9 Å². The molecule has 2 amide bonds. The molecule has 0 aromatic carbocycles. The zero-order valence-electron chi connectivity index (χ0n) is 19.0. The number of amides is 2. The average molecular weight is 473 g/mol. The monoisotopic (exact) mass is 472 g/mol. The Hall–Kier alpha value is -2.70. The Kier molecular flexibility index (Phi) is 18.3. The van der Waals surface area contributed by atoms with Crippen molar-refractivity contribution >= 4 is 35.3 Å². The number of Topliss-reactive ketones (excluding diaryl/α,β-unsaturated/α-hetero) is 2. The lowest BCUT2D eigenvalue weighted by Gasteiger charge is -2.07. The summed E-state index contributed by atoms with van der Waals surface area (Å²) in [6.07, 6.45) is 8.28. The minimum atomic E-state index is -2.05. The molecule has 0 aliphatic carbocycles. The van der Waals surface area contributed by atoms with Gasteiger partial charge in [0.25, 0.3) is 5.78 Å². The second-order valence-electron chi connectivity index (χ2n) is 7.49. The van der Waals surface area contributed by atoms with Crippen LogP contribution >= 0.6 is 0 Å². The molecule has 0 spiro atoms. The lowest BCUT2D eigenvalue weighted by molar-refractivity contribution is -0.155. The molecule has 0 saturated carbocycles. The van der Waals surface area contributed by atoms with Crippen molar-refractivity contribution in [1.29, 1.82) is 0 Å². The number of nitrogens with one attached hydrogen (secondary N) is 4. The van der Waals surface area contributed by atoms with Gasteiger partial charge in [-0.3, -0.25) is 29.3 Å². The lowest BCUT2D eigenvalue weighted by Crippen LogP contribution is -2.44. The molecule has 188 valence electrons. The van der Waals surface area contributed by atoms with E-state index < -0.39 is 35.3 Å². The maximum atomic E-state index is 11.5. The third kappa shape index (κ3) is 18.6. The van der Waals surface area contributed by atoms with Crippen molar-refractivity contribution in [1.82, 2.24) is 21.3 Å². The van der Waals surface area contributed by atoms with E-state index in [0.717, 1.165) is 64.6 Å². The van der Waals surface area contributed by atoms with Crippen molar-refractivity contribution in [3.63, 3.8) is 0 Å². The summed E-state index contributed by atoms with van der Waals surface area (Å²) in [5.41, 5.74) is 0. The van der Waals surface area contributed by atoms with E-state index in [1.807, 2.05) is 0 Å². The first-order valence-corrected chi connectivity index (χ1v) is 11.3. The first-order valence-electron chi connectivity index (χ1n) is 11.3. The molecule has 0 aliphatic heterocycles. The van der Waals surface area contributed by atoms with Crippen molar-refractivity contribution in [3.8, 4) is 0 Å². The van der Waals surface area contributed by atoms with E-state index in [-0.39, 0.29) is 13.0 Å². The van der Waals surface area contributed by atoms with Crippen molar-refractivity contribution in [3.05, 3.63) is 0 Å². The Balaban J connectivity index is 3.40. The molecule has 0 aliphatic rings. The summed E-state index contributed by atoms with van der Waals surface area (Å²) in [6, 6.07) is 0. The largest absolute Gasteiger partial charge is 0.481 e. The van der Waals surface area contributed by atoms with Gasteiger partial charge in [-0.1, -0.05) is 32.1 Å². The molecular formula is C21H36N4O8. The van der Waals surface area contributed by atoms with Gasteiger partial charge in [-0.2, -0.15) is 0 Å². The second kappa shape index (κ2) is 19.9. The summed E-state index contributed by atoms with van der Waals surface area (Å²) in [6.45, 7) is 3.70. The van der Waals surface area contributed by atoms with Crippen LogP contribution < -0.4 is 21.3 Å². The molecule has 0 bridgehead atoms. The molecule has 0 aromatic heterocycles. The van der Waals surface area contributed by atoms with E-state index in [1.165, 1.54) is 0 Å². The summed E-state index contributed by atoms with van der Waals surface area (Å²) in [7, 11) is 0. The molecule has 0 rings (SSSR count). The first kappa shape index (κ1) is 30.3. The highest BCUT2D eigenvalue weighted by molar-refractivity contribution is 6.77. The summed E-state index contributed by atoms with van der Waals surface area (Å²) >= 11 is 0. The van der Waals surface area contributed by atoms with E-state index in [4.69, 9.17) is 10.2 Å². The lowest BCUT2D eigenvalue weighted by atomic mass is 10.1. The van der Waals surface area contributed by atoms with Crippen LogP contribution in [0.2, 0.25) is 0 Å². The molecule has 0 unspecified atom stereocenters. The highest BCUT2D eigenvalue weighted by Gasteiger charge is 2.29. The van der Waals surface area contributed by atoms with E-state index in [1.54, 1.807) is 5.32 Å². The molecule has 0 fully saturated rings. The van der Waals surface area contributed by atoms with Gasteiger partial charge in [0.05, 0.1) is 6.54 Å². The van der Waals surface area contributed by atoms with Crippen LogP contribution in [0, 0.1) is 0 Å². The first-order chi connectivity index (χ1) is 15.8. The molecule has 0 radical (unpaired) electrons. The van der Waals surface area contributed by atoms with Crippen LogP contribution in [0.15, 0.2) is 0 Å². The molecule has 6 N–H and O–H groups in total. The number of ketones is 2. The number of rotatable bonds is 22. The number of carbonyl (C=O) groups is 6. The molecule has 12 heteroatoms. The van der Waals surface area contributed by atoms with Crippen LogP contribution in [-0.4, -0.2) is 84.8 Å². The van der Waals surface area contributed by atoms with Gasteiger partial charge in [0.1, 0.15) is 0 Å². The van der Waals surface area contributed by atoms with Crippen LogP contribution in [0.4, 0.5) is 0 Å². The highest BCUT2D eigenvalue weighted by Crippen LogP contribution is 2.06. The summed E-state index contributed by atoms with van der Waals surface area (Å²) in [5.74, 6) is -8.84. The summed E-state index contributed by atoms with van der Waals surface area (Å²) in [4.78, 5) is 65.5. The van der Waals surface area contributed by atoms with Gasteiger partial charge >= 0.3 is 23.6 Å². The van der Waals surface area contributed by atoms with Crippen molar-refractivity contribution in [2.75, 3.05) is 39.3 Å². The Morgan fingerprint density at radius 2 is 1.03 bits per heavy atom. The van der Waals surface area contributed by atoms with Crippen LogP contribution in [0.1, 0.15) is 57.8 Å². The van der Waals surface area contributed by atoms with Crippen LogP contribution in [0.25, 0.3) is 0 Å². The van der Waals surface area contributed by atoms with Crippen molar-refractivity contribution in [2.45, 2.75) is 57.8 Å². The number of hydrogen-bond donors (Lipinski definition) is 6. The third-order valence-electron chi connectivity index (χ3n) is 4.58. The van der Waals surface area contributed by atoms with Gasteiger partial charge < -0.3 is 26.2 Å². The maximum Gasteiger partial charge on any atom is 0.381 e. The molecule has 33 heavy (non-hydrogen) atoms. The fraction of sp³-hybridized carbons (Fsp3) is 0.714. The Labute approximate surface area is 193 Å². The number of imide groups is 1. The van der Waals surface area contributed by atoms with E-state index in [2.05, 4.69) is 16.0 Å². The predicted molar refractivity (Wildman–Crippen MR) is 119 cm³/mol.